The van der Waals surface area contributed by atoms with Crippen molar-refractivity contribution in [2.45, 2.75) is 52.2 Å². The summed E-state index contributed by atoms with van der Waals surface area (Å²) in [5.41, 5.74) is 1.77. The standard InChI is InChI=1S/C21H28FNO.ClH/c1-2-3-4-5-8-14-23-16-18-10-9-12-20(15-18)24-17-19-11-6-7-13-21(19)22;/h6-7,9-13,15,23H,2-5,8,14,16-17H2,1H3;1H. The quantitative estimate of drug-likeness (QED) is 0.501. The van der Waals surface area contributed by atoms with Crippen LogP contribution < -0.4 is 10.1 Å². The molecule has 0 spiro atoms. The lowest BCUT2D eigenvalue weighted by Gasteiger charge is -2.09. The topological polar surface area (TPSA) is 21.3 Å². The second kappa shape index (κ2) is 12.7. The minimum atomic E-state index is -0.224. The fourth-order valence-electron chi connectivity index (χ4n) is 2.61. The molecule has 0 fully saturated rings. The third-order valence-corrected chi connectivity index (χ3v) is 4.04. The Bertz CT molecular complexity index is 606. The maximum absolute atomic E-state index is 13.6. The first-order valence-corrected chi connectivity index (χ1v) is 8.95. The van der Waals surface area contributed by atoms with E-state index in [1.807, 2.05) is 24.3 Å². The van der Waals surface area contributed by atoms with Gasteiger partial charge < -0.3 is 10.1 Å². The minimum Gasteiger partial charge on any atom is -0.489 e. The van der Waals surface area contributed by atoms with Gasteiger partial charge in [-0.2, -0.15) is 0 Å². The number of ether oxygens (including phenoxy) is 1. The van der Waals surface area contributed by atoms with Gasteiger partial charge in [0.05, 0.1) is 0 Å². The summed E-state index contributed by atoms with van der Waals surface area (Å²) in [7, 11) is 0. The Labute approximate surface area is 157 Å². The van der Waals surface area contributed by atoms with E-state index < -0.39 is 0 Å². The molecule has 0 aliphatic rings. The third-order valence-electron chi connectivity index (χ3n) is 4.04. The highest BCUT2D eigenvalue weighted by molar-refractivity contribution is 5.85. The summed E-state index contributed by atoms with van der Waals surface area (Å²) in [6.45, 7) is 4.37. The molecule has 1 N–H and O–H groups in total. The van der Waals surface area contributed by atoms with Gasteiger partial charge in [0.25, 0.3) is 0 Å². The number of hydrogen-bond donors (Lipinski definition) is 1. The van der Waals surface area contributed by atoms with Gasteiger partial charge in [-0.05, 0) is 36.7 Å². The average Bonchev–Trinajstić information content (AvgIpc) is 2.61. The fourth-order valence-corrected chi connectivity index (χ4v) is 2.61. The van der Waals surface area contributed by atoms with Crippen molar-refractivity contribution in [3.8, 4) is 5.75 Å². The lowest BCUT2D eigenvalue weighted by molar-refractivity contribution is 0.299. The molecule has 4 heteroatoms. The predicted octanol–water partition coefficient (Wildman–Crippen LogP) is 5.89. The molecule has 0 radical (unpaired) electrons. The Kier molecular flexibility index (Phi) is 10.9. The van der Waals surface area contributed by atoms with Crippen molar-refractivity contribution in [1.82, 2.24) is 5.32 Å². The Morgan fingerprint density at radius 2 is 1.76 bits per heavy atom. The van der Waals surface area contributed by atoms with E-state index in [0.29, 0.717) is 5.56 Å². The summed E-state index contributed by atoms with van der Waals surface area (Å²) in [6, 6.07) is 14.7. The normalized spacial score (nSPS) is 10.3. The fraction of sp³-hybridized carbons (Fsp3) is 0.429. The molecule has 2 rings (SSSR count). The molecule has 0 aromatic heterocycles. The van der Waals surface area contributed by atoms with Crippen molar-refractivity contribution in [1.29, 1.82) is 0 Å². The highest BCUT2D eigenvalue weighted by Gasteiger charge is 2.02. The van der Waals surface area contributed by atoms with Crippen LogP contribution >= 0.6 is 12.4 Å². The van der Waals surface area contributed by atoms with Gasteiger partial charge in [-0.3, -0.25) is 0 Å². The largest absolute Gasteiger partial charge is 0.489 e. The molecule has 0 heterocycles. The van der Waals surface area contributed by atoms with E-state index in [2.05, 4.69) is 18.3 Å². The van der Waals surface area contributed by atoms with Crippen molar-refractivity contribution in [2.75, 3.05) is 6.54 Å². The second-order valence-electron chi connectivity index (χ2n) is 6.12. The molecular formula is C21H29ClFNO. The molecule has 2 nitrogen and oxygen atoms in total. The van der Waals surface area contributed by atoms with Crippen LogP contribution in [-0.4, -0.2) is 6.54 Å². The van der Waals surface area contributed by atoms with Gasteiger partial charge in [0.15, 0.2) is 0 Å². The lowest BCUT2D eigenvalue weighted by Crippen LogP contribution is -2.14. The minimum absolute atomic E-state index is 0. The van der Waals surface area contributed by atoms with E-state index in [1.165, 1.54) is 43.7 Å². The molecule has 25 heavy (non-hydrogen) atoms. The summed E-state index contributed by atoms with van der Waals surface area (Å²) in [6.07, 6.45) is 6.47. The van der Waals surface area contributed by atoms with E-state index in [0.717, 1.165) is 18.8 Å². The lowest BCUT2D eigenvalue weighted by atomic mass is 10.1. The monoisotopic (exact) mass is 365 g/mol. The summed E-state index contributed by atoms with van der Waals surface area (Å²) >= 11 is 0. The van der Waals surface area contributed by atoms with Gasteiger partial charge in [0, 0.05) is 12.1 Å². The first kappa shape index (κ1) is 21.5. The maximum Gasteiger partial charge on any atom is 0.129 e. The summed E-state index contributed by atoms with van der Waals surface area (Å²) in [5.74, 6) is 0.555. The summed E-state index contributed by atoms with van der Waals surface area (Å²) in [4.78, 5) is 0. The zero-order valence-corrected chi connectivity index (χ0v) is 15.8. The number of hydrogen-bond acceptors (Lipinski definition) is 2. The van der Waals surface area contributed by atoms with Crippen molar-refractivity contribution >= 4 is 12.4 Å². The molecule has 0 aliphatic heterocycles. The predicted molar refractivity (Wildman–Crippen MR) is 105 cm³/mol. The first-order chi connectivity index (χ1) is 11.8. The zero-order valence-electron chi connectivity index (χ0n) is 15.0. The van der Waals surface area contributed by atoms with Crippen LogP contribution in [0.3, 0.4) is 0 Å². The molecule has 2 aromatic carbocycles. The van der Waals surface area contributed by atoms with Crippen LogP contribution in [0.15, 0.2) is 48.5 Å². The van der Waals surface area contributed by atoms with Gasteiger partial charge in [0.2, 0.25) is 0 Å². The van der Waals surface area contributed by atoms with Crippen molar-refractivity contribution in [3.05, 3.63) is 65.5 Å². The van der Waals surface area contributed by atoms with E-state index in [1.54, 1.807) is 12.1 Å². The van der Waals surface area contributed by atoms with Crippen LogP contribution in [0, 0.1) is 5.82 Å². The number of benzene rings is 2. The smallest absolute Gasteiger partial charge is 0.129 e. The highest BCUT2D eigenvalue weighted by Crippen LogP contribution is 2.16. The van der Waals surface area contributed by atoms with Gasteiger partial charge in [0.1, 0.15) is 18.2 Å². The molecule has 138 valence electrons. The van der Waals surface area contributed by atoms with E-state index in [4.69, 9.17) is 4.74 Å². The number of nitrogens with one attached hydrogen (secondary N) is 1. The van der Waals surface area contributed by atoms with E-state index >= 15 is 0 Å². The Morgan fingerprint density at radius 3 is 2.56 bits per heavy atom. The highest BCUT2D eigenvalue weighted by atomic mass is 35.5. The number of halogens is 2. The van der Waals surface area contributed by atoms with Gasteiger partial charge in [-0.25, -0.2) is 4.39 Å². The number of unbranched alkanes of at least 4 members (excludes halogenated alkanes) is 4. The summed E-state index contributed by atoms with van der Waals surface area (Å²) < 4.78 is 19.3. The SMILES string of the molecule is CCCCCCCNCc1cccc(OCc2ccccc2F)c1.Cl. The molecule has 0 unspecified atom stereocenters. The molecule has 0 bridgehead atoms. The van der Waals surface area contributed by atoms with Gasteiger partial charge in [-0.15, -0.1) is 12.4 Å². The number of rotatable bonds is 11. The Morgan fingerprint density at radius 1 is 0.960 bits per heavy atom. The Balaban J connectivity index is 0.00000312. The Hall–Kier alpha value is -1.58. The third kappa shape index (κ3) is 8.37. The average molecular weight is 366 g/mol. The van der Waals surface area contributed by atoms with E-state index in [-0.39, 0.29) is 24.8 Å². The molecule has 0 amide bonds. The molecule has 0 saturated heterocycles. The van der Waals surface area contributed by atoms with Crippen LogP contribution in [0.1, 0.15) is 50.2 Å². The van der Waals surface area contributed by atoms with Crippen LogP contribution in [0.2, 0.25) is 0 Å². The molecular weight excluding hydrogens is 337 g/mol. The van der Waals surface area contributed by atoms with Crippen LogP contribution in [0.5, 0.6) is 5.75 Å². The summed E-state index contributed by atoms with van der Waals surface area (Å²) in [5, 5.41) is 3.47. The van der Waals surface area contributed by atoms with Gasteiger partial charge >= 0.3 is 0 Å². The van der Waals surface area contributed by atoms with Crippen LogP contribution in [-0.2, 0) is 13.2 Å². The van der Waals surface area contributed by atoms with Crippen LogP contribution in [0.25, 0.3) is 0 Å². The first-order valence-electron chi connectivity index (χ1n) is 8.95. The zero-order chi connectivity index (χ0) is 17.0. The van der Waals surface area contributed by atoms with Crippen molar-refractivity contribution in [2.24, 2.45) is 0 Å². The van der Waals surface area contributed by atoms with E-state index in [9.17, 15) is 4.39 Å². The van der Waals surface area contributed by atoms with Crippen molar-refractivity contribution < 1.29 is 9.13 Å². The second-order valence-corrected chi connectivity index (χ2v) is 6.12. The van der Waals surface area contributed by atoms with Crippen LogP contribution in [0.4, 0.5) is 4.39 Å². The molecule has 0 aliphatic carbocycles. The van der Waals surface area contributed by atoms with Gasteiger partial charge in [-0.1, -0.05) is 62.9 Å². The molecule has 0 saturated carbocycles. The molecule has 2 aromatic rings. The van der Waals surface area contributed by atoms with Crippen molar-refractivity contribution in [3.63, 3.8) is 0 Å². The molecule has 0 atom stereocenters. The maximum atomic E-state index is 13.6.